The predicted molar refractivity (Wildman–Crippen MR) is 84.6 cm³/mol. The van der Waals surface area contributed by atoms with Gasteiger partial charge < -0.3 is 10.3 Å². The molecule has 2 aliphatic rings. The van der Waals surface area contributed by atoms with Crippen LogP contribution in [0.5, 0.6) is 0 Å². The molecule has 0 saturated carbocycles. The van der Waals surface area contributed by atoms with Gasteiger partial charge in [0.25, 0.3) is 0 Å². The molecule has 3 rings (SSSR count). The van der Waals surface area contributed by atoms with Gasteiger partial charge in [0.2, 0.25) is 0 Å². The largest absolute Gasteiger partial charge is 0.351 e. The molecule has 0 aliphatic heterocycles. The molecule has 20 heavy (non-hydrogen) atoms. The van der Waals surface area contributed by atoms with E-state index in [4.69, 9.17) is 5.73 Å². The topological polar surface area (TPSA) is 30.9 Å². The van der Waals surface area contributed by atoms with Gasteiger partial charge in [-0.2, -0.15) is 0 Å². The Balaban J connectivity index is 1.74. The summed E-state index contributed by atoms with van der Waals surface area (Å²) in [5.41, 5.74) is 11.2. The minimum absolute atomic E-state index is 0.226. The summed E-state index contributed by atoms with van der Waals surface area (Å²) in [7, 11) is 0. The number of nitrogens with two attached hydrogens (primary N) is 1. The van der Waals surface area contributed by atoms with Crippen LogP contribution >= 0.6 is 0 Å². The summed E-state index contributed by atoms with van der Waals surface area (Å²) in [6, 6.07) is 2.48. The summed E-state index contributed by atoms with van der Waals surface area (Å²) in [5.74, 6) is 0. The molecule has 1 unspecified atom stereocenters. The summed E-state index contributed by atoms with van der Waals surface area (Å²) in [5, 5.41) is 0. The minimum atomic E-state index is 0.226. The van der Waals surface area contributed by atoms with Gasteiger partial charge in [-0.25, -0.2) is 0 Å². The maximum Gasteiger partial charge on any atom is 0.0318 e. The quantitative estimate of drug-likeness (QED) is 0.815. The van der Waals surface area contributed by atoms with Gasteiger partial charge in [0.15, 0.2) is 0 Å². The number of rotatable bonds is 3. The third kappa shape index (κ3) is 2.85. The normalized spacial score (nSPS) is 25.1. The van der Waals surface area contributed by atoms with Crippen LogP contribution in [0.1, 0.15) is 69.7 Å². The standard InChI is InChI=1S/C18H28N2/c1-18(2)12-16(19)15-9-11-20(17(15)13-18)10-8-14-6-4-3-5-7-14/h6,9,11,16H,3-5,7-8,10,12-13,19H2,1-2H3. The van der Waals surface area contributed by atoms with Crippen LogP contribution in [0.3, 0.4) is 0 Å². The molecule has 0 bridgehead atoms. The van der Waals surface area contributed by atoms with Gasteiger partial charge in [0.1, 0.15) is 0 Å². The van der Waals surface area contributed by atoms with Gasteiger partial charge in [-0.05, 0) is 62.0 Å². The Kier molecular flexibility index (Phi) is 3.76. The second kappa shape index (κ2) is 5.40. The maximum atomic E-state index is 6.35. The number of hydrogen-bond acceptors (Lipinski definition) is 1. The highest BCUT2D eigenvalue weighted by atomic mass is 15.0. The lowest BCUT2D eigenvalue weighted by atomic mass is 9.74. The van der Waals surface area contributed by atoms with E-state index in [-0.39, 0.29) is 6.04 Å². The first-order chi connectivity index (χ1) is 9.55. The zero-order valence-corrected chi connectivity index (χ0v) is 13.0. The predicted octanol–water partition coefficient (Wildman–Crippen LogP) is 4.35. The van der Waals surface area contributed by atoms with E-state index < -0.39 is 0 Å². The van der Waals surface area contributed by atoms with Crippen LogP contribution in [0.25, 0.3) is 0 Å². The van der Waals surface area contributed by atoms with Crippen molar-refractivity contribution in [3.8, 4) is 0 Å². The first-order valence-electron chi connectivity index (χ1n) is 8.16. The third-order valence-corrected chi connectivity index (χ3v) is 4.99. The molecule has 2 N–H and O–H groups in total. The van der Waals surface area contributed by atoms with E-state index in [2.05, 4.69) is 36.8 Å². The van der Waals surface area contributed by atoms with Crippen molar-refractivity contribution in [2.24, 2.45) is 11.1 Å². The average Bonchev–Trinajstić information content (AvgIpc) is 2.79. The smallest absolute Gasteiger partial charge is 0.0318 e. The first kappa shape index (κ1) is 13.9. The number of nitrogens with zero attached hydrogens (tertiary/aromatic N) is 1. The Hall–Kier alpha value is -1.02. The summed E-state index contributed by atoms with van der Waals surface area (Å²) in [6.45, 7) is 5.82. The molecule has 2 aliphatic carbocycles. The van der Waals surface area contributed by atoms with Crippen molar-refractivity contribution in [3.05, 3.63) is 35.2 Å². The molecule has 1 heterocycles. The monoisotopic (exact) mass is 272 g/mol. The van der Waals surface area contributed by atoms with Crippen molar-refractivity contribution in [2.45, 2.75) is 71.4 Å². The minimum Gasteiger partial charge on any atom is -0.351 e. The van der Waals surface area contributed by atoms with E-state index in [0.717, 1.165) is 13.0 Å². The lowest BCUT2D eigenvalue weighted by molar-refractivity contribution is 0.275. The molecule has 0 amide bonds. The number of allylic oxidation sites excluding steroid dienone is 2. The Labute approximate surface area is 123 Å². The average molecular weight is 272 g/mol. The van der Waals surface area contributed by atoms with Crippen molar-refractivity contribution in [1.29, 1.82) is 0 Å². The number of fused-ring (bicyclic) bond motifs is 1. The van der Waals surface area contributed by atoms with Gasteiger partial charge in [0, 0.05) is 24.5 Å². The van der Waals surface area contributed by atoms with Crippen LogP contribution in [-0.2, 0) is 13.0 Å². The lowest BCUT2D eigenvalue weighted by Gasteiger charge is -2.34. The molecule has 110 valence electrons. The van der Waals surface area contributed by atoms with Crippen molar-refractivity contribution < 1.29 is 0 Å². The highest BCUT2D eigenvalue weighted by molar-refractivity contribution is 5.30. The second-order valence-electron chi connectivity index (χ2n) is 7.42. The van der Waals surface area contributed by atoms with E-state index in [1.54, 1.807) is 5.57 Å². The van der Waals surface area contributed by atoms with Gasteiger partial charge in [-0.1, -0.05) is 25.5 Å². The van der Waals surface area contributed by atoms with Crippen LogP contribution < -0.4 is 5.73 Å². The molecule has 1 aromatic heterocycles. The maximum absolute atomic E-state index is 6.35. The Morgan fingerprint density at radius 2 is 2.20 bits per heavy atom. The molecule has 0 fully saturated rings. The van der Waals surface area contributed by atoms with Crippen molar-refractivity contribution in [1.82, 2.24) is 4.57 Å². The van der Waals surface area contributed by atoms with E-state index >= 15 is 0 Å². The van der Waals surface area contributed by atoms with Gasteiger partial charge in [-0.15, -0.1) is 0 Å². The fraction of sp³-hybridized carbons (Fsp3) is 0.667. The van der Waals surface area contributed by atoms with Crippen LogP contribution in [0.2, 0.25) is 0 Å². The molecule has 2 heteroatoms. The number of aryl methyl sites for hydroxylation is 1. The SMILES string of the molecule is CC1(C)Cc2c(ccn2CCC2=CCCCC2)C(N)C1. The van der Waals surface area contributed by atoms with E-state index in [1.807, 2.05) is 0 Å². The molecule has 0 spiro atoms. The molecule has 0 saturated heterocycles. The molecule has 2 nitrogen and oxygen atoms in total. The fourth-order valence-electron chi connectivity index (χ4n) is 3.90. The van der Waals surface area contributed by atoms with Crippen molar-refractivity contribution in [2.75, 3.05) is 0 Å². The van der Waals surface area contributed by atoms with Crippen LogP contribution in [0.15, 0.2) is 23.9 Å². The summed E-state index contributed by atoms with van der Waals surface area (Å²) < 4.78 is 2.46. The highest BCUT2D eigenvalue weighted by Crippen LogP contribution is 2.40. The zero-order valence-electron chi connectivity index (χ0n) is 13.0. The molecular weight excluding hydrogens is 244 g/mol. The summed E-state index contributed by atoms with van der Waals surface area (Å²) in [4.78, 5) is 0. The van der Waals surface area contributed by atoms with Crippen molar-refractivity contribution >= 4 is 0 Å². The van der Waals surface area contributed by atoms with Gasteiger partial charge in [-0.3, -0.25) is 0 Å². The Morgan fingerprint density at radius 3 is 2.95 bits per heavy atom. The lowest BCUT2D eigenvalue weighted by Crippen LogP contribution is -2.30. The van der Waals surface area contributed by atoms with E-state index in [9.17, 15) is 0 Å². The molecule has 1 atom stereocenters. The molecule has 1 aromatic rings. The molecule has 0 aromatic carbocycles. The van der Waals surface area contributed by atoms with Crippen LogP contribution in [-0.4, -0.2) is 4.57 Å². The summed E-state index contributed by atoms with van der Waals surface area (Å²) >= 11 is 0. The molecule has 0 radical (unpaired) electrons. The van der Waals surface area contributed by atoms with Crippen molar-refractivity contribution in [3.63, 3.8) is 0 Å². The Morgan fingerprint density at radius 1 is 1.35 bits per heavy atom. The van der Waals surface area contributed by atoms with Gasteiger partial charge >= 0.3 is 0 Å². The fourth-order valence-corrected chi connectivity index (χ4v) is 3.90. The second-order valence-corrected chi connectivity index (χ2v) is 7.42. The van der Waals surface area contributed by atoms with Crippen LogP contribution in [0, 0.1) is 5.41 Å². The third-order valence-electron chi connectivity index (χ3n) is 4.99. The van der Waals surface area contributed by atoms with Crippen LogP contribution in [0.4, 0.5) is 0 Å². The van der Waals surface area contributed by atoms with Gasteiger partial charge in [0.05, 0.1) is 0 Å². The highest BCUT2D eigenvalue weighted by Gasteiger charge is 2.32. The van der Waals surface area contributed by atoms with E-state index in [1.165, 1.54) is 49.8 Å². The number of aromatic nitrogens is 1. The van der Waals surface area contributed by atoms with E-state index in [0.29, 0.717) is 5.41 Å². The number of hydrogen-bond donors (Lipinski definition) is 1. The Bertz CT molecular complexity index is 507. The first-order valence-corrected chi connectivity index (χ1v) is 8.16. The summed E-state index contributed by atoms with van der Waals surface area (Å²) in [6.07, 6.45) is 13.6. The molecular formula is C18H28N2. The zero-order chi connectivity index (χ0) is 14.2.